The van der Waals surface area contributed by atoms with Crippen molar-refractivity contribution in [3.05, 3.63) is 59.9 Å². The number of anilines is 1. The second-order valence-electron chi connectivity index (χ2n) is 4.97. The zero-order chi connectivity index (χ0) is 17.4. The first-order valence-corrected chi connectivity index (χ1v) is 7.76. The molecule has 0 bridgehead atoms. The van der Waals surface area contributed by atoms with E-state index in [0.717, 1.165) is 11.3 Å². The number of para-hydroxylation sites is 2. The van der Waals surface area contributed by atoms with Crippen LogP contribution >= 0.6 is 12.2 Å². The number of hydrazine groups is 1. The van der Waals surface area contributed by atoms with Gasteiger partial charge in [0.05, 0.1) is 18.7 Å². The molecule has 0 aromatic heterocycles. The van der Waals surface area contributed by atoms with Crippen LogP contribution in [0.4, 0.5) is 10.1 Å². The quantitative estimate of drug-likeness (QED) is 0.573. The number of halogens is 1. The van der Waals surface area contributed by atoms with Crippen LogP contribution in [0.2, 0.25) is 0 Å². The lowest BCUT2D eigenvalue weighted by molar-refractivity contribution is -0.122. The second kappa shape index (κ2) is 8.83. The first-order chi connectivity index (χ1) is 11.6. The van der Waals surface area contributed by atoms with Crippen molar-refractivity contribution in [1.82, 2.24) is 10.9 Å². The zero-order valence-electron chi connectivity index (χ0n) is 13.1. The maximum absolute atomic E-state index is 13.5. The smallest absolute Gasteiger partial charge is 0.241 e. The van der Waals surface area contributed by atoms with Gasteiger partial charge < -0.3 is 10.1 Å². The Morgan fingerprint density at radius 3 is 2.58 bits per heavy atom. The third kappa shape index (κ3) is 5.51. The maximum atomic E-state index is 13.5. The lowest BCUT2D eigenvalue weighted by atomic mass is 10.2. The van der Waals surface area contributed by atoms with Gasteiger partial charge in [-0.1, -0.05) is 30.3 Å². The molecule has 126 valence electrons. The molecule has 0 saturated carbocycles. The van der Waals surface area contributed by atoms with Gasteiger partial charge in [-0.2, -0.15) is 0 Å². The molecule has 0 atom stereocenters. The number of ether oxygens (including phenoxy) is 1. The van der Waals surface area contributed by atoms with E-state index in [1.165, 1.54) is 6.07 Å². The van der Waals surface area contributed by atoms with Gasteiger partial charge in [-0.05, 0) is 42.9 Å². The molecule has 0 unspecified atom stereocenters. The molecule has 0 aliphatic heterocycles. The summed E-state index contributed by atoms with van der Waals surface area (Å²) in [5.41, 5.74) is 6.18. The van der Waals surface area contributed by atoms with E-state index in [1.807, 2.05) is 31.2 Å². The van der Waals surface area contributed by atoms with Crippen molar-refractivity contribution in [2.75, 3.05) is 11.9 Å². The number of amides is 1. The molecule has 2 rings (SSSR count). The van der Waals surface area contributed by atoms with E-state index in [-0.39, 0.29) is 29.7 Å². The number of thiocarbonyl (C=S) groups is 1. The highest BCUT2D eigenvalue weighted by Gasteiger charge is 2.06. The summed E-state index contributed by atoms with van der Waals surface area (Å²) in [6, 6.07) is 13.7. The highest BCUT2D eigenvalue weighted by Crippen LogP contribution is 2.16. The Bertz CT molecular complexity index is 724. The van der Waals surface area contributed by atoms with Crippen molar-refractivity contribution in [3.63, 3.8) is 0 Å². The molecule has 0 aliphatic rings. The van der Waals surface area contributed by atoms with E-state index in [4.69, 9.17) is 17.0 Å². The maximum Gasteiger partial charge on any atom is 0.241 e. The minimum absolute atomic E-state index is 0.0910. The van der Waals surface area contributed by atoms with Gasteiger partial charge in [0.15, 0.2) is 5.11 Å². The molecule has 0 radical (unpaired) electrons. The summed E-state index contributed by atoms with van der Waals surface area (Å²) in [6.07, 6.45) is 0.156. The second-order valence-corrected chi connectivity index (χ2v) is 5.38. The van der Waals surface area contributed by atoms with Gasteiger partial charge in [0.25, 0.3) is 0 Å². The summed E-state index contributed by atoms with van der Waals surface area (Å²) in [5, 5.41) is 2.75. The van der Waals surface area contributed by atoms with Crippen LogP contribution in [0.3, 0.4) is 0 Å². The Hall–Kier alpha value is -2.67. The molecule has 2 aromatic rings. The monoisotopic (exact) mass is 347 g/mol. The number of carbonyl (C=O) groups is 1. The van der Waals surface area contributed by atoms with Gasteiger partial charge in [-0.25, -0.2) is 4.39 Å². The molecule has 0 heterocycles. The number of carbonyl (C=O) groups excluding carboxylic acids is 1. The van der Waals surface area contributed by atoms with Crippen LogP contribution in [-0.2, 0) is 4.79 Å². The van der Waals surface area contributed by atoms with Crippen molar-refractivity contribution >= 4 is 28.9 Å². The number of rotatable bonds is 5. The average Bonchev–Trinajstić information content (AvgIpc) is 2.57. The molecule has 7 heteroatoms. The number of hydrogen-bond donors (Lipinski definition) is 3. The van der Waals surface area contributed by atoms with E-state index >= 15 is 0 Å². The predicted octanol–water partition coefficient (Wildman–Crippen LogP) is 2.92. The molecule has 0 spiro atoms. The fraction of sp³-hybridized carbons (Fsp3) is 0.176. The first-order valence-electron chi connectivity index (χ1n) is 7.35. The predicted molar refractivity (Wildman–Crippen MR) is 95.2 cm³/mol. The summed E-state index contributed by atoms with van der Waals surface area (Å²) in [6.45, 7) is 2.18. The highest BCUT2D eigenvalue weighted by atomic mass is 32.1. The topological polar surface area (TPSA) is 62.4 Å². The Kier molecular flexibility index (Phi) is 6.51. The van der Waals surface area contributed by atoms with E-state index in [2.05, 4.69) is 16.2 Å². The summed E-state index contributed by atoms with van der Waals surface area (Å²) in [5.74, 6) is 0.0240. The van der Waals surface area contributed by atoms with Gasteiger partial charge >= 0.3 is 0 Å². The van der Waals surface area contributed by atoms with Crippen LogP contribution in [-0.4, -0.2) is 17.6 Å². The van der Waals surface area contributed by atoms with Crippen LogP contribution in [0, 0.1) is 12.7 Å². The summed E-state index contributed by atoms with van der Waals surface area (Å²) in [7, 11) is 0. The first kappa shape index (κ1) is 17.7. The highest BCUT2D eigenvalue weighted by molar-refractivity contribution is 7.80. The van der Waals surface area contributed by atoms with Crippen LogP contribution in [0.1, 0.15) is 12.0 Å². The standard InChI is InChI=1S/C17H18FN3O2S/c1-12-6-2-5-9-15(12)23-11-10-16(22)20-21-17(24)19-14-8-4-3-7-13(14)18/h2-9H,10-11H2,1H3,(H,20,22)(H2,19,21,24). The molecule has 0 fully saturated rings. The van der Waals surface area contributed by atoms with Crippen LogP contribution in [0.5, 0.6) is 5.75 Å². The molecule has 5 nitrogen and oxygen atoms in total. The molecular weight excluding hydrogens is 329 g/mol. The van der Waals surface area contributed by atoms with E-state index in [0.29, 0.717) is 0 Å². The fourth-order valence-corrected chi connectivity index (χ4v) is 2.04. The van der Waals surface area contributed by atoms with Crippen molar-refractivity contribution < 1.29 is 13.9 Å². The molecule has 0 saturated heterocycles. The van der Waals surface area contributed by atoms with Gasteiger partial charge in [-0.3, -0.25) is 15.6 Å². The number of hydrogen-bond acceptors (Lipinski definition) is 3. The van der Waals surface area contributed by atoms with Gasteiger partial charge in [0.1, 0.15) is 11.6 Å². The fourth-order valence-electron chi connectivity index (χ4n) is 1.88. The Balaban J connectivity index is 1.68. The molecule has 3 N–H and O–H groups in total. The largest absolute Gasteiger partial charge is 0.493 e. The normalized spacial score (nSPS) is 9.92. The van der Waals surface area contributed by atoms with Gasteiger partial charge in [-0.15, -0.1) is 0 Å². The van der Waals surface area contributed by atoms with Crippen LogP contribution in [0.15, 0.2) is 48.5 Å². The SMILES string of the molecule is Cc1ccccc1OCCC(=O)NNC(=S)Nc1ccccc1F. The lowest BCUT2D eigenvalue weighted by Crippen LogP contribution is -2.44. The molecular formula is C17H18FN3O2S. The zero-order valence-corrected chi connectivity index (χ0v) is 14.0. The average molecular weight is 347 g/mol. The minimum atomic E-state index is -0.431. The number of benzene rings is 2. The van der Waals surface area contributed by atoms with Gasteiger partial charge in [0, 0.05) is 0 Å². The minimum Gasteiger partial charge on any atom is -0.493 e. The van der Waals surface area contributed by atoms with Crippen molar-refractivity contribution in [2.24, 2.45) is 0 Å². The number of aryl methyl sites for hydroxylation is 1. The Morgan fingerprint density at radius 2 is 1.83 bits per heavy atom. The molecule has 24 heavy (non-hydrogen) atoms. The van der Waals surface area contributed by atoms with E-state index in [9.17, 15) is 9.18 Å². The molecule has 2 aromatic carbocycles. The summed E-state index contributed by atoms with van der Waals surface area (Å²) < 4.78 is 19.0. The van der Waals surface area contributed by atoms with E-state index in [1.54, 1.807) is 18.2 Å². The lowest BCUT2D eigenvalue weighted by Gasteiger charge is -2.12. The molecule has 1 amide bonds. The van der Waals surface area contributed by atoms with Crippen molar-refractivity contribution in [2.45, 2.75) is 13.3 Å². The van der Waals surface area contributed by atoms with Crippen molar-refractivity contribution in [3.8, 4) is 5.75 Å². The van der Waals surface area contributed by atoms with Crippen molar-refractivity contribution in [1.29, 1.82) is 0 Å². The molecule has 0 aliphatic carbocycles. The summed E-state index contributed by atoms with van der Waals surface area (Å²) in [4.78, 5) is 11.7. The third-order valence-corrected chi connectivity index (χ3v) is 3.32. The third-order valence-electron chi connectivity index (χ3n) is 3.12. The van der Waals surface area contributed by atoms with Crippen LogP contribution < -0.4 is 20.9 Å². The van der Waals surface area contributed by atoms with Crippen LogP contribution in [0.25, 0.3) is 0 Å². The number of nitrogens with one attached hydrogen (secondary N) is 3. The van der Waals surface area contributed by atoms with Gasteiger partial charge in [0.2, 0.25) is 5.91 Å². The van der Waals surface area contributed by atoms with E-state index < -0.39 is 5.82 Å². The Morgan fingerprint density at radius 1 is 1.12 bits per heavy atom. The Labute approximate surface area is 145 Å². The summed E-state index contributed by atoms with van der Waals surface area (Å²) >= 11 is 4.99.